The van der Waals surface area contributed by atoms with Crippen molar-refractivity contribution in [3.05, 3.63) is 51.7 Å². The molecule has 0 fully saturated rings. The molecule has 2 rings (SSSR count). The average molecular weight is 288 g/mol. The van der Waals surface area contributed by atoms with Gasteiger partial charge in [-0.1, -0.05) is 12.1 Å². The maximum atomic E-state index is 11.6. The topological polar surface area (TPSA) is 50.7 Å². The number of hydrazone groups is 1. The van der Waals surface area contributed by atoms with Crippen molar-refractivity contribution < 1.29 is 9.53 Å². The van der Waals surface area contributed by atoms with Gasteiger partial charge in [0.1, 0.15) is 5.75 Å². The molecule has 1 aromatic heterocycles. The van der Waals surface area contributed by atoms with Crippen molar-refractivity contribution >= 4 is 23.5 Å². The van der Waals surface area contributed by atoms with Crippen molar-refractivity contribution in [1.29, 1.82) is 0 Å². The Kier molecular flexibility index (Phi) is 4.90. The van der Waals surface area contributed by atoms with E-state index in [0.717, 1.165) is 10.4 Å². The number of aryl methyl sites for hydroxylation is 2. The number of hydrogen-bond donors (Lipinski definition) is 1. The van der Waals surface area contributed by atoms with Gasteiger partial charge < -0.3 is 4.74 Å². The molecule has 1 N–H and O–H groups in total. The standard InChI is InChI=1S/C15H16N2O2S/c1-11-4-3-5-13(8-11)19-10-15(18)17-16-9-14-7-6-12(2)20-14/h3-9H,10H2,1-2H3,(H,17,18). The number of hydrogen-bond acceptors (Lipinski definition) is 4. The largest absolute Gasteiger partial charge is 0.484 e. The minimum atomic E-state index is -0.281. The lowest BCUT2D eigenvalue weighted by molar-refractivity contribution is -0.123. The summed E-state index contributed by atoms with van der Waals surface area (Å²) in [5.41, 5.74) is 3.53. The van der Waals surface area contributed by atoms with Crippen LogP contribution in [0.5, 0.6) is 5.75 Å². The van der Waals surface area contributed by atoms with E-state index in [2.05, 4.69) is 10.5 Å². The molecule has 0 atom stereocenters. The third kappa shape index (κ3) is 4.51. The molecule has 1 aromatic carbocycles. The third-order valence-corrected chi connectivity index (χ3v) is 3.44. The van der Waals surface area contributed by atoms with Gasteiger partial charge in [-0.2, -0.15) is 5.10 Å². The minimum absolute atomic E-state index is 0.0513. The van der Waals surface area contributed by atoms with Gasteiger partial charge in [-0.05, 0) is 43.7 Å². The summed E-state index contributed by atoms with van der Waals surface area (Å²) < 4.78 is 5.37. The van der Waals surface area contributed by atoms with E-state index in [0.29, 0.717) is 5.75 Å². The fourth-order valence-corrected chi connectivity index (χ4v) is 2.33. The Bertz CT molecular complexity index is 620. The molecule has 104 valence electrons. The smallest absolute Gasteiger partial charge is 0.277 e. The van der Waals surface area contributed by atoms with Gasteiger partial charge in [0.05, 0.1) is 6.21 Å². The van der Waals surface area contributed by atoms with Crippen molar-refractivity contribution in [2.24, 2.45) is 5.10 Å². The number of amides is 1. The van der Waals surface area contributed by atoms with Gasteiger partial charge in [-0.25, -0.2) is 5.43 Å². The molecule has 1 amide bonds. The highest BCUT2D eigenvalue weighted by atomic mass is 32.1. The summed E-state index contributed by atoms with van der Waals surface area (Å²) in [7, 11) is 0. The second-order valence-corrected chi connectivity index (χ2v) is 5.67. The van der Waals surface area contributed by atoms with Crippen LogP contribution in [-0.4, -0.2) is 18.7 Å². The fraction of sp³-hybridized carbons (Fsp3) is 0.200. The second-order valence-electron chi connectivity index (χ2n) is 4.35. The lowest BCUT2D eigenvalue weighted by Crippen LogP contribution is -2.24. The van der Waals surface area contributed by atoms with Crippen LogP contribution in [0.3, 0.4) is 0 Å². The van der Waals surface area contributed by atoms with E-state index in [-0.39, 0.29) is 12.5 Å². The van der Waals surface area contributed by atoms with Gasteiger partial charge in [0.2, 0.25) is 0 Å². The molecule has 5 heteroatoms. The summed E-state index contributed by atoms with van der Waals surface area (Å²) in [6.07, 6.45) is 1.63. The zero-order chi connectivity index (χ0) is 14.4. The maximum absolute atomic E-state index is 11.6. The second kappa shape index (κ2) is 6.86. The molecule has 0 bridgehead atoms. The highest BCUT2D eigenvalue weighted by Crippen LogP contribution is 2.12. The molecule has 0 saturated carbocycles. The van der Waals surface area contributed by atoms with Crippen molar-refractivity contribution in [1.82, 2.24) is 5.43 Å². The van der Waals surface area contributed by atoms with Gasteiger partial charge in [-0.3, -0.25) is 4.79 Å². The van der Waals surface area contributed by atoms with Crippen LogP contribution in [0, 0.1) is 13.8 Å². The molecule has 2 aromatic rings. The van der Waals surface area contributed by atoms with E-state index in [1.807, 2.05) is 50.2 Å². The van der Waals surface area contributed by atoms with Crippen LogP contribution in [0.2, 0.25) is 0 Å². The number of rotatable bonds is 5. The Labute approximate surface area is 122 Å². The number of thiophene rings is 1. The van der Waals surface area contributed by atoms with Crippen molar-refractivity contribution in [2.45, 2.75) is 13.8 Å². The van der Waals surface area contributed by atoms with Crippen LogP contribution < -0.4 is 10.2 Å². The normalized spacial score (nSPS) is 10.7. The molecular weight excluding hydrogens is 272 g/mol. The van der Waals surface area contributed by atoms with E-state index in [1.54, 1.807) is 17.6 Å². The Morgan fingerprint density at radius 1 is 1.35 bits per heavy atom. The van der Waals surface area contributed by atoms with Crippen molar-refractivity contribution in [2.75, 3.05) is 6.61 Å². The summed E-state index contributed by atoms with van der Waals surface area (Å²) in [6.45, 7) is 3.95. The zero-order valence-electron chi connectivity index (χ0n) is 11.4. The van der Waals surface area contributed by atoms with Crippen LogP contribution >= 0.6 is 11.3 Å². The van der Waals surface area contributed by atoms with Gasteiger partial charge >= 0.3 is 0 Å². The lowest BCUT2D eigenvalue weighted by Gasteiger charge is -2.05. The number of nitrogens with zero attached hydrogens (tertiary/aromatic N) is 1. The Morgan fingerprint density at radius 3 is 2.90 bits per heavy atom. The number of nitrogens with one attached hydrogen (secondary N) is 1. The van der Waals surface area contributed by atoms with E-state index >= 15 is 0 Å². The molecule has 0 aliphatic heterocycles. The van der Waals surface area contributed by atoms with E-state index < -0.39 is 0 Å². The van der Waals surface area contributed by atoms with Crippen LogP contribution in [0.1, 0.15) is 15.3 Å². The highest BCUT2D eigenvalue weighted by Gasteiger charge is 2.01. The van der Waals surface area contributed by atoms with Gasteiger partial charge in [-0.15, -0.1) is 11.3 Å². The molecule has 0 aliphatic rings. The monoisotopic (exact) mass is 288 g/mol. The molecule has 20 heavy (non-hydrogen) atoms. The van der Waals surface area contributed by atoms with Crippen molar-refractivity contribution in [3.63, 3.8) is 0 Å². The Balaban J connectivity index is 1.77. The first-order valence-corrected chi connectivity index (χ1v) is 7.03. The fourth-order valence-electron chi connectivity index (χ4n) is 1.58. The lowest BCUT2D eigenvalue weighted by atomic mass is 10.2. The third-order valence-electron chi connectivity index (χ3n) is 2.50. The SMILES string of the molecule is Cc1cccc(OCC(=O)NN=Cc2ccc(C)s2)c1. The molecule has 0 unspecified atom stereocenters. The first-order valence-electron chi connectivity index (χ1n) is 6.21. The first-order chi connectivity index (χ1) is 9.63. The predicted octanol–water partition coefficient (Wildman–Crippen LogP) is 2.89. The predicted molar refractivity (Wildman–Crippen MR) is 81.5 cm³/mol. The average Bonchev–Trinajstić information content (AvgIpc) is 2.82. The molecule has 4 nitrogen and oxygen atoms in total. The number of benzene rings is 1. The first kappa shape index (κ1) is 14.3. The highest BCUT2D eigenvalue weighted by molar-refractivity contribution is 7.13. The summed E-state index contributed by atoms with van der Waals surface area (Å²) in [6, 6.07) is 11.5. The van der Waals surface area contributed by atoms with E-state index in [1.165, 1.54) is 4.88 Å². The van der Waals surface area contributed by atoms with Crippen LogP contribution in [0.25, 0.3) is 0 Å². The molecule has 0 radical (unpaired) electrons. The molecule has 0 aliphatic carbocycles. The van der Waals surface area contributed by atoms with Gasteiger partial charge in [0, 0.05) is 9.75 Å². The van der Waals surface area contributed by atoms with E-state index in [9.17, 15) is 4.79 Å². The number of carbonyl (C=O) groups excluding carboxylic acids is 1. The number of carbonyl (C=O) groups is 1. The molecule has 1 heterocycles. The van der Waals surface area contributed by atoms with Gasteiger partial charge in [0.15, 0.2) is 6.61 Å². The van der Waals surface area contributed by atoms with Crippen LogP contribution in [-0.2, 0) is 4.79 Å². The summed E-state index contributed by atoms with van der Waals surface area (Å²) >= 11 is 1.62. The van der Waals surface area contributed by atoms with Crippen molar-refractivity contribution in [3.8, 4) is 5.75 Å². The quantitative estimate of drug-likeness (QED) is 0.679. The van der Waals surface area contributed by atoms with Crippen LogP contribution in [0.15, 0.2) is 41.5 Å². The Hall–Kier alpha value is -2.14. The maximum Gasteiger partial charge on any atom is 0.277 e. The van der Waals surface area contributed by atoms with E-state index in [4.69, 9.17) is 4.74 Å². The van der Waals surface area contributed by atoms with Gasteiger partial charge in [0.25, 0.3) is 5.91 Å². The van der Waals surface area contributed by atoms with Crippen LogP contribution in [0.4, 0.5) is 0 Å². The summed E-state index contributed by atoms with van der Waals surface area (Å²) in [4.78, 5) is 13.8. The summed E-state index contributed by atoms with van der Waals surface area (Å²) in [5.74, 6) is 0.397. The Morgan fingerprint density at radius 2 is 2.20 bits per heavy atom. The summed E-state index contributed by atoms with van der Waals surface area (Å²) in [5, 5.41) is 3.89. The molecular formula is C15H16N2O2S. The molecule has 0 saturated heterocycles. The zero-order valence-corrected chi connectivity index (χ0v) is 12.2. The molecule has 0 spiro atoms. The minimum Gasteiger partial charge on any atom is -0.484 e. The number of ether oxygens (including phenoxy) is 1.